The molecule has 4 nitrogen and oxygen atoms in total. The van der Waals surface area contributed by atoms with Crippen LogP contribution in [0.15, 0.2) is 89.4 Å². The van der Waals surface area contributed by atoms with Crippen molar-refractivity contribution in [3.8, 4) is 0 Å². The maximum Gasteiger partial charge on any atom is 0.198 e. The predicted octanol–water partition coefficient (Wildman–Crippen LogP) is 7.94. The molecule has 3 aliphatic rings. The molecule has 2 heterocycles. The number of rotatable bonds is 3. The van der Waals surface area contributed by atoms with E-state index in [2.05, 4.69) is 77.6 Å². The second-order valence-electron chi connectivity index (χ2n) is 11.8. The molecule has 0 radical (unpaired) electrons. The van der Waals surface area contributed by atoms with Crippen LogP contribution in [0.2, 0.25) is 0 Å². The summed E-state index contributed by atoms with van der Waals surface area (Å²) < 4.78 is 6.26. The van der Waals surface area contributed by atoms with Gasteiger partial charge < -0.3 is 9.64 Å². The van der Waals surface area contributed by atoms with Crippen LogP contribution in [0.3, 0.4) is 0 Å². The Kier molecular flexibility index (Phi) is 6.18. The summed E-state index contributed by atoms with van der Waals surface area (Å²) in [6.45, 7) is 15.9. The van der Waals surface area contributed by atoms with Crippen LogP contribution in [0.5, 0.6) is 0 Å². The molecule has 194 valence electrons. The molecular formula is C34H35NO3. The summed E-state index contributed by atoms with van der Waals surface area (Å²) in [7, 11) is 0. The van der Waals surface area contributed by atoms with Crippen LogP contribution >= 0.6 is 0 Å². The number of Topliss-reactive ketones (excluding diaryl/α,β-unsaturated/α-hetero) is 2. The van der Waals surface area contributed by atoms with Gasteiger partial charge in [-0.3, -0.25) is 9.59 Å². The monoisotopic (exact) mass is 505 g/mol. The lowest BCUT2D eigenvalue weighted by Gasteiger charge is -2.42. The molecule has 1 aliphatic carbocycles. The number of ether oxygens (including phenoxy) is 1. The highest BCUT2D eigenvalue weighted by Crippen LogP contribution is 2.40. The number of nitrogens with zero attached hydrogens (tertiary/aromatic N) is 1. The number of ketones is 2. The second-order valence-corrected chi connectivity index (χ2v) is 11.8. The molecule has 0 N–H and O–H groups in total. The lowest BCUT2D eigenvalue weighted by molar-refractivity contribution is 0.0987. The number of carbonyl (C=O) groups is 2. The molecule has 38 heavy (non-hydrogen) atoms. The van der Waals surface area contributed by atoms with Gasteiger partial charge in [-0.1, -0.05) is 63.3 Å². The maximum atomic E-state index is 13.2. The Hall–Kier alpha value is -3.92. The molecular weight excluding hydrogens is 470 g/mol. The van der Waals surface area contributed by atoms with Gasteiger partial charge in [0, 0.05) is 34.3 Å². The Morgan fingerprint density at radius 3 is 2.18 bits per heavy atom. The number of allylic oxidation sites excluding steroid dienone is 7. The SMILES string of the molecule is CCN1c2ccc(C=CC3=CC(=C4C(=O)c5ccccc5C4=O)C=C(C(C)(C)C)O3)cc2C(C)=CC1(C)C. The fourth-order valence-electron chi connectivity index (χ4n) is 5.59. The van der Waals surface area contributed by atoms with Crippen LogP contribution in [0.1, 0.15) is 80.3 Å². The van der Waals surface area contributed by atoms with Crippen LogP contribution < -0.4 is 4.90 Å². The average Bonchev–Trinajstić information content (AvgIpc) is 3.12. The quantitative estimate of drug-likeness (QED) is 0.314. The Labute approximate surface area is 225 Å². The largest absolute Gasteiger partial charge is 0.461 e. The first-order valence-electron chi connectivity index (χ1n) is 13.2. The van der Waals surface area contributed by atoms with Crippen LogP contribution in [0.4, 0.5) is 5.69 Å². The lowest BCUT2D eigenvalue weighted by Crippen LogP contribution is -2.44. The van der Waals surface area contributed by atoms with E-state index in [1.54, 1.807) is 30.3 Å². The Balaban J connectivity index is 1.53. The molecule has 2 aromatic carbocycles. The van der Waals surface area contributed by atoms with Gasteiger partial charge in [-0.25, -0.2) is 0 Å². The van der Waals surface area contributed by atoms with Gasteiger partial charge in [0.2, 0.25) is 0 Å². The van der Waals surface area contributed by atoms with Crippen LogP contribution in [0, 0.1) is 5.41 Å². The van der Waals surface area contributed by atoms with Crippen molar-refractivity contribution >= 4 is 28.9 Å². The van der Waals surface area contributed by atoms with Crippen LogP contribution in [-0.4, -0.2) is 23.7 Å². The van der Waals surface area contributed by atoms with E-state index in [1.165, 1.54) is 16.8 Å². The molecule has 0 saturated carbocycles. The molecule has 2 aliphatic heterocycles. The number of fused-ring (bicyclic) bond motifs is 2. The highest BCUT2D eigenvalue weighted by atomic mass is 16.5. The zero-order valence-electron chi connectivity index (χ0n) is 23.3. The molecule has 0 saturated heterocycles. The summed E-state index contributed by atoms with van der Waals surface area (Å²) in [6, 6.07) is 13.5. The zero-order chi connectivity index (χ0) is 27.4. The van der Waals surface area contributed by atoms with Crippen molar-refractivity contribution in [2.24, 2.45) is 5.41 Å². The van der Waals surface area contributed by atoms with E-state index in [4.69, 9.17) is 4.74 Å². The Morgan fingerprint density at radius 1 is 0.921 bits per heavy atom. The Morgan fingerprint density at radius 2 is 1.58 bits per heavy atom. The molecule has 0 spiro atoms. The minimum absolute atomic E-state index is 0.0295. The van der Waals surface area contributed by atoms with Gasteiger partial charge in [-0.15, -0.1) is 0 Å². The molecule has 0 fully saturated rings. The molecule has 4 heteroatoms. The molecule has 0 aromatic heterocycles. The van der Waals surface area contributed by atoms with Gasteiger partial charge in [-0.2, -0.15) is 0 Å². The lowest BCUT2D eigenvalue weighted by atomic mass is 9.88. The highest BCUT2D eigenvalue weighted by Gasteiger charge is 2.36. The van der Waals surface area contributed by atoms with Gasteiger partial charge in [0.1, 0.15) is 11.5 Å². The van der Waals surface area contributed by atoms with Crippen molar-refractivity contribution in [1.29, 1.82) is 0 Å². The molecule has 0 unspecified atom stereocenters. The van der Waals surface area contributed by atoms with Crippen molar-refractivity contribution in [2.75, 3.05) is 11.4 Å². The van der Waals surface area contributed by atoms with E-state index < -0.39 is 0 Å². The summed E-state index contributed by atoms with van der Waals surface area (Å²) in [5.41, 5.74) is 6.18. The normalized spacial score (nSPS) is 18.7. The first kappa shape index (κ1) is 25.7. The maximum absolute atomic E-state index is 13.2. The number of likely N-dealkylation sites (N-methyl/N-ethyl adjacent to an activating group) is 1. The van der Waals surface area contributed by atoms with Crippen LogP contribution in [0.25, 0.3) is 11.6 Å². The van der Waals surface area contributed by atoms with E-state index in [0.717, 1.165) is 12.1 Å². The summed E-state index contributed by atoms with van der Waals surface area (Å²) in [5, 5.41) is 0. The summed E-state index contributed by atoms with van der Waals surface area (Å²) in [4.78, 5) is 28.8. The highest BCUT2D eigenvalue weighted by molar-refractivity contribution is 6.40. The first-order valence-corrected chi connectivity index (χ1v) is 13.2. The minimum Gasteiger partial charge on any atom is -0.461 e. The van der Waals surface area contributed by atoms with Gasteiger partial charge in [0.15, 0.2) is 11.6 Å². The van der Waals surface area contributed by atoms with Crippen molar-refractivity contribution in [3.05, 3.63) is 112 Å². The van der Waals surface area contributed by atoms with Gasteiger partial charge in [0.25, 0.3) is 0 Å². The van der Waals surface area contributed by atoms with Crippen molar-refractivity contribution in [3.63, 3.8) is 0 Å². The standard InChI is InChI=1S/C34H35NO3/c1-8-35-28-16-14-22(17-27(28)21(2)20-34(35,6)7)13-15-24-18-23(19-29(38-24)33(3,4)5)30-31(36)25-11-9-10-12-26(25)32(30)37/h9-20H,8H2,1-7H3. The number of benzene rings is 2. The van der Waals surface area contributed by atoms with Crippen molar-refractivity contribution < 1.29 is 14.3 Å². The minimum atomic E-state index is -0.305. The summed E-state index contributed by atoms with van der Waals surface area (Å²) in [5.74, 6) is 0.848. The van der Waals surface area contributed by atoms with E-state index in [9.17, 15) is 9.59 Å². The number of hydrogen-bond donors (Lipinski definition) is 0. The first-order chi connectivity index (χ1) is 17.9. The Bertz CT molecular complexity index is 1480. The summed E-state index contributed by atoms with van der Waals surface area (Å²) >= 11 is 0. The zero-order valence-corrected chi connectivity index (χ0v) is 23.3. The summed E-state index contributed by atoms with van der Waals surface area (Å²) in [6.07, 6.45) is 9.90. The third-order valence-corrected chi connectivity index (χ3v) is 7.47. The molecule has 2 aromatic rings. The topological polar surface area (TPSA) is 46.6 Å². The van der Waals surface area contributed by atoms with Gasteiger partial charge in [-0.05, 0) is 74.8 Å². The smallest absolute Gasteiger partial charge is 0.198 e. The molecule has 0 bridgehead atoms. The van der Waals surface area contributed by atoms with Crippen molar-refractivity contribution in [1.82, 2.24) is 0 Å². The van der Waals surface area contributed by atoms with E-state index >= 15 is 0 Å². The number of hydrogen-bond acceptors (Lipinski definition) is 4. The van der Waals surface area contributed by atoms with Crippen LogP contribution in [-0.2, 0) is 4.74 Å². The van der Waals surface area contributed by atoms with Gasteiger partial charge >= 0.3 is 0 Å². The number of anilines is 1. The molecule has 0 atom stereocenters. The average molecular weight is 506 g/mol. The molecule has 5 rings (SSSR count). The fraction of sp³-hybridized carbons (Fsp3) is 0.294. The predicted molar refractivity (Wildman–Crippen MR) is 155 cm³/mol. The third-order valence-electron chi connectivity index (χ3n) is 7.47. The van der Waals surface area contributed by atoms with Crippen molar-refractivity contribution in [2.45, 2.75) is 54.0 Å². The fourth-order valence-corrected chi connectivity index (χ4v) is 5.59. The second kappa shape index (κ2) is 9.13. The molecule has 0 amide bonds. The third kappa shape index (κ3) is 4.38. The number of carbonyl (C=O) groups excluding carboxylic acids is 2. The van der Waals surface area contributed by atoms with Gasteiger partial charge in [0.05, 0.1) is 11.1 Å². The van der Waals surface area contributed by atoms with E-state index in [0.29, 0.717) is 28.2 Å². The van der Waals surface area contributed by atoms with E-state index in [1.807, 2.05) is 18.2 Å². The van der Waals surface area contributed by atoms with E-state index in [-0.39, 0.29) is 28.1 Å².